The summed E-state index contributed by atoms with van der Waals surface area (Å²) in [6.07, 6.45) is 1.44. The smallest absolute Gasteiger partial charge is 0.278 e. The second-order valence-electron chi connectivity index (χ2n) is 4.60. The molecule has 1 aromatic heterocycles. The molecule has 5 nitrogen and oxygen atoms in total. The van der Waals surface area contributed by atoms with Gasteiger partial charge in [0.05, 0.1) is 28.4 Å². The maximum absolute atomic E-state index is 13.6. The molecule has 0 saturated carbocycles. The molecule has 110 valence electrons. The van der Waals surface area contributed by atoms with Gasteiger partial charge in [0.1, 0.15) is 5.82 Å². The molecule has 0 bridgehead atoms. The number of aryl methyl sites for hydroxylation is 1. The molecule has 21 heavy (non-hydrogen) atoms. The number of nitrogens with one attached hydrogen (secondary N) is 1. The van der Waals surface area contributed by atoms with Crippen LogP contribution in [0.1, 0.15) is 16.8 Å². The molecule has 7 heteroatoms. The zero-order valence-electron chi connectivity index (χ0n) is 11.5. The van der Waals surface area contributed by atoms with Gasteiger partial charge in [0.2, 0.25) is 0 Å². The Kier molecular flexibility index (Phi) is 4.37. The van der Waals surface area contributed by atoms with E-state index in [-0.39, 0.29) is 17.9 Å². The number of nitrogens with zero attached hydrogens (tertiary/aromatic N) is 2. The second kappa shape index (κ2) is 6.05. The summed E-state index contributed by atoms with van der Waals surface area (Å²) in [6.45, 7) is 3.45. The van der Waals surface area contributed by atoms with Crippen LogP contribution in [0.25, 0.3) is 0 Å². The molecular formula is C14H13ClFN3O2. The number of nitro groups is 1. The maximum atomic E-state index is 13.6. The van der Waals surface area contributed by atoms with E-state index >= 15 is 0 Å². The quantitative estimate of drug-likeness (QED) is 0.684. The van der Waals surface area contributed by atoms with Crippen LogP contribution in [0, 0.1) is 29.8 Å². The number of halogens is 2. The lowest BCUT2D eigenvalue weighted by Gasteiger charge is -2.10. The van der Waals surface area contributed by atoms with Gasteiger partial charge in [-0.05, 0) is 32.0 Å². The number of anilines is 1. The van der Waals surface area contributed by atoms with Gasteiger partial charge in [-0.15, -0.1) is 0 Å². The number of aromatic nitrogens is 1. The zero-order valence-corrected chi connectivity index (χ0v) is 12.2. The van der Waals surface area contributed by atoms with Gasteiger partial charge < -0.3 is 5.32 Å². The van der Waals surface area contributed by atoms with Crippen molar-refractivity contribution >= 4 is 23.0 Å². The van der Waals surface area contributed by atoms with Crippen LogP contribution >= 0.6 is 11.6 Å². The van der Waals surface area contributed by atoms with Crippen LogP contribution in [0.2, 0.25) is 5.02 Å². The molecular weight excluding hydrogens is 297 g/mol. The number of pyridine rings is 1. The summed E-state index contributed by atoms with van der Waals surface area (Å²) in [7, 11) is 0. The Bertz CT molecular complexity index is 707. The minimum Gasteiger partial charge on any atom is -0.377 e. The number of hydrogen-bond donors (Lipinski definition) is 1. The normalized spacial score (nSPS) is 10.5. The van der Waals surface area contributed by atoms with E-state index in [9.17, 15) is 14.5 Å². The molecule has 0 spiro atoms. The van der Waals surface area contributed by atoms with Gasteiger partial charge in [-0.1, -0.05) is 11.6 Å². The van der Waals surface area contributed by atoms with Crippen LogP contribution < -0.4 is 5.32 Å². The van der Waals surface area contributed by atoms with Gasteiger partial charge in [0, 0.05) is 16.8 Å². The molecule has 2 rings (SSSR count). The topological polar surface area (TPSA) is 68.1 Å². The highest BCUT2D eigenvalue weighted by Crippen LogP contribution is 2.25. The Morgan fingerprint density at radius 2 is 2.14 bits per heavy atom. The summed E-state index contributed by atoms with van der Waals surface area (Å²) in [4.78, 5) is 14.8. The fourth-order valence-electron chi connectivity index (χ4n) is 2.04. The van der Waals surface area contributed by atoms with Crippen LogP contribution in [0.15, 0.2) is 24.4 Å². The van der Waals surface area contributed by atoms with Crippen LogP contribution in [-0.4, -0.2) is 9.91 Å². The molecule has 1 heterocycles. The largest absolute Gasteiger partial charge is 0.377 e. The van der Waals surface area contributed by atoms with E-state index in [4.69, 9.17) is 11.6 Å². The van der Waals surface area contributed by atoms with Gasteiger partial charge >= 0.3 is 0 Å². The average molecular weight is 310 g/mol. The molecule has 0 aliphatic rings. The Balaban J connectivity index is 2.24. The molecule has 0 amide bonds. The second-order valence-corrected chi connectivity index (χ2v) is 5.03. The molecule has 0 unspecified atom stereocenters. The molecule has 1 N–H and O–H groups in total. The fraction of sp³-hybridized carbons (Fsp3) is 0.214. The van der Waals surface area contributed by atoms with Gasteiger partial charge in [-0.3, -0.25) is 15.1 Å². The lowest BCUT2D eigenvalue weighted by Crippen LogP contribution is -2.08. The van der Waals surface area contributed by atoms with E-state index in [1.165, 1.54) is 18.3 Å². The van der Waals surface area contributed by atoms with Crippen molar-refractivity contribution in [1.29, 1.82) is 0 Å². The zero-order chi connectivity index (χ0) is 15.6. The first kappa shape index (κ1) is 15.2. The first-order valence-corrected chi connectivity index (χ1v) is 6.56. The predicted molar refractivity (Wildman–Crippen MR) is 79.1 cm³/mol. The summed E-state index contributed by atoms with van der Waals surface area (Å²) in [5.74, 6) is -0.484. The van der Waals surface area contributed by atoms with Crippen LogP contribution in [-0.2, 0) is 6.54 Å². The molecule has 0 atom stereocenters. The van der Waals surface area contributed by atoms with E-state index in [0.29, 0.717) is 21.8 Å². The van der Waals surface area contributed by atoms with Gasteiger partial charge in [-0.2, -0.15) is 0 Å². The standard InChI is InChI=1S/C14H13ClFN3O2/c1-8-6-17-13(9(2)14(8)19(20)21)7-18-12-4-3-10(15)5-11(12)16/h3-6,18H,7H2,1-2H3. The number of rotatable bonds is 4. The maximum Gasteiger partial charge on any atom is 0.278 e. The van der Waals surface area contributed by atoms with E-state index in [0.717, 1.165) is 0 Å². The van der Waals surface area contributed by atoms with E-state index < -0.39 is 10.7 Å². The highest BCUT2D eigenvalue weighted by molar-refractivity contribution is 6.30. The molecule has 0 aliphatic carbocycles. The summed E-state index contributed by atoms with van der Waals surface area (Å²) < 4.78 is 13.6. The van der Waals surface area contributed by atoms with E-state index in [1.807, 2.05) is 0 Å². The van der Waals surface area contributed by atoms with Gasteiger partial charge in [-0.25, -0.2) is 4.39 Å². The Labute approximate surface area is 125 Å². The molecule has 0 saturated heterocycles. The summed E-state index contributed by atoms with van der Waals surface area (Å²) in [5.41, 5.74) is 1.78. The Morgan fingerprint density at radius 3 is 2.76 bits per heavy atom. The SMILES string of the molecule is Cc1cnc(CNc2ccc(Cl)cc2F)c(C)c1[N+](=O)[O-]. The van der Waals surface area contributed by atoms with Crippen molar-refractivity contribution in [3.63, 3.8) is 0 Å². The van der Waals surface area contributed by atoms with Crippen molar-refractivity contribution in [2.45, 2.75) is 20.4 Å². The highest BCUT2D eigenvalue weighted by atomic mass is 35.5. The predicted octanol–water partition coefficient (Wildman–Crippen LogP) is 4.01. The van der Waals surface area contributed by atoms with Crippen molar-refractivity contribution in [1.82, 2.24) is 4.98 Å². The van der Waals surface area contributed by atoms with Crippen LogP contribution in [0.3, 0.4) is 0 Å². The number of benzene rings is 1. The van der Waals surface area contributed by atoms with Crippen molar-refractivity contribution in [2.75, 3.05) is 5.32 Å². The molecule has 0 fully saturated rings. The van der Waals surface area contributed by atoms with Gasteiger partial charge in [0.15, 0.2) is 0 Å². The summed E-state index contributed by atoms with van der Waals surface area (Å²) in [5, 5.41) is 14.2. The van der Waals surface area contributed by atoms with Crippen molar-refractivity contribution in [3.05, 3.63) is 62.2 Å². The van der Waals surface area contributed by atoms with Crippen LogP contribution in [0.5, 0.6) is 0 Å². The average Bonchev–Trinajstić information content (AvgIpc) is 2.39. The third kappa shape index (κ3) is 3.28. The summed E-state index contributed by atoms with van der Waals surface area (Å²) >= 11 is 5.68. The fourth-order valence-corrected chi connectivity index (χ4v) is 2.19. The Hall–Kier alpha value is -2.21. The van der Waals surface area contributed by atoms with Crippen molar-refractivity contribution < 1.29 is 9.31 Å². The minimum atomic E-state index is -0.484. The lowest BCUT2D eigenvalue weighted by atomic mass is 10.1. The van der Waals surface area contributed by atoms with E-state index in [1.54, 1.807) is 19.9 Å². The minimum absolute atomic E-state index is 0.0402. The summed E-state index contributed by atoms with van der Waals surface area (Å²) in [6, 6.07) is 4.27. The Morgan fingerprint density at radius 1 is 1.43 bits per heavy atom. The third-order valence-electron chi connectivity index (χ3n) is 3.14. The molecule has 0 radical (unpaired) electrons. The highest BCUT2D eigenvalue weighted by Gasteiger charge is 2.18. The molecule has 1 aromatic carbocycles. The lowest BCUT2D eigenvalue weighted by molar-refractivity contribution is -0.386. The molecule has 2 aromatic rings. The van der Waals surface area contributed by atoms with E-state index in [2.05, 4.69) is 10.3 Å². The van der Waals surface area contributed by atoms with Crippen LogP contribution in [0.4, 0.5) is 15.8 Å². The van der Waals surface area contributed by atoms with Crippen molar-refractivity contribution in [3.8, 4) is 0 Å². The van der Waals surface area contributed by atoms with Crippen molar-refractivity contribution in [2.24, 2.45) is 0 Å². The third-order valence-corrected chi connectivity index (χ3v) is 3.37. The first-order valence-electron chi connectivity index (χ1n) is 6.18. The first-order chi connectivity index (χ1) is 9.90. The monoisotopic (exact) mass is 309 g/mol. The van der Waals surface area contributed by atoms with Gasteiger partial charge in [0.25, 0.3) is 5.69 Å². The number of hydrogen-bond acceptors (Lipinski definition) is 4. The molecule has 0 aliphatic heterocycles.